The first-order valence-electron chi connectivity index (χ1n) is 8.39. The Hall–Kier alpha value is -2.18. The van der Waals surface area contributed by atoms with Crippen LogP contribution in [0.25, 0.3) is 5.65 Å². The van der Waals surface area contributed by atoms with Gasteiger partial charge in [0.25, 0.3) is 5.91 Å². The van der Waals surface area contributed by atoms with Crippen molar-refractivity contribution in [1.82, 2.24) is 19.2 Å². The Kier molecular flexibility index (Phi) is 4.55. The van der Waals surface area contributed by atoms with Crippen LogP contribution in [0.15, 0.2) is 59.3 Å². The maximum atomic E-state index is 12.7. The van der Waals surface area contributed by atoms with Crippen LogP contribution in [0.1, 0.15) is 16.1 Å². The van der Waals surface area contributed by atoms with E-state index in [2.05, 4.69) is 30.2 Å². The van der Waals surface area contributed by atoms with Crippen LogP contribution in [0, 0.1) is 0 Å². The number of halogens is 1. The van der Waals surface area contributed by atoms with Crippen LogP contribution >= 0.6 is 15.9 Å². The lowest BCUT2D eigenvalue weighted by Gasteiger charge is -2.34. The van der Waals surface area contributed by atoms with Gasteiger partial charge in [-0.25, -0.2) is 4.98 Å². The fourth-order valence-corrected chi connectivity index (χ4v) is 3.70. The molecule has 25 heavy (non-hydrogen) atoms. The Labute approximate surface area is 155 Å². The van der Waals surface area contributed by atoms with Crippen LogP contribution in [0.4, 0.5) is 0 Å². The minimum atomic E-state index is 0.0990. The molecule has 1 aliphatic rings. The molecule has 3 heterocycles. The number of hydrogen-bond acceptors (Lipinski definition) is 3. The second-order valence-corrected chi connectivity index (χ2v) is 7.08. The first kappa shape index (κ1) is 16.3. The molecule has 0 radical (unpaired) electrons. The van der Waals surface area contributed by atoms with E-state index in [9.17, 15) is 4.79 Å². The third-order valence-electron chi connectivity index (χ3n) is 4.64. The number of benzene rings is 1. The molecule has 1 aliphatic heterocycles. The molecule has 5 nitrogen and oxygen atoms in total. The number of aromatic nitrogens is 2. The maximum absolute atomic E-state index is 12.7. The van der Waals surface area contributed by atoms with Crippen LogP contribution in [-0.2, 0) is 6.54 Å². The van der Waals surface area contributed by atoms with E-state index >= 15 is 0 Å². The molecule has 1 saturated heterocycles. The molecule has 1 fully saturated rings. The van der Waals surface area contributed by atoms with Crippen molar-refractivity contribution >= 4 is 27.5 Å². The molecule has 2 aromatic heterocycles. The van der Waals surface area contributed by atoms with E-state index in [4.69, 9.17) is 0 Å². The zero-order valence-corrected chi connectivity index (χ0v) is 15.4. The molecular weight excluding hydrogens is 380 g/mol. The van der Waals surface area contributed by atoms with Crippen LogP contribution < -0.4 is 0 Å². The van der Waals surface area contributed by atoms with Crippen molar-refractivity contribution in [3.63, 3.8) is 0 Å². The van der Waals surface area contributed by atoms with Crippen LogP contribution in [0.3, 0.4) is 0 Å². The fraction of sp³-hybridized carbons (Fsp3) is 0.263. The highest BCUT2D eigenvalue weighted by Crippen LogP contribution is 2.19. The number of pyridine rings is 1. The van der Waals surface area contributed by atoms with Gasteiger partial charge in [0.1, 0.15) is 5.65 Å². The van der Waals surface area contributed by atoms with Gasteiger partial charge in [0.2, 0.25) is 0 Å². The molecule has 4 rings (SSSR count). The van der Waals surface area contributed by atoms with Gasteiger partial charge in [-0.15, -0.1) is 0 Å². The molecule has 0 unspecified atom stereocenters. The molecule has 6 heteroatoms. The van der Waals surface area contributed by atoms with Gasteiger partial charge in [-0.05, 0) is 40.2 Å². The molecular formula is C19H19BrN4O. The molecule has 0 aliphatic carbocycles. The van der Waals surface area contributed by atoms with Gasteiger partial charge in [-0.3, -0.25) is 9.69 Å². The first-order valence-corrected chi connectivity index (χ1v) is 9.19. The monoisotopic (exact) mass is 398 g/mol. The number of imidazole rings is 1. The van der Waals surface area contributed by atoms with Gasteiger partial charge in [-0.2, -0.15) is 0 Å². The van der Waals surface area contributed by atoms with Gasteiger partial charge in [0.05, 0.1) is 17.5 Å². The standard InChI is InChI=1S/C19H19BrN4O/c20-17-6-2-1-5-16(17)19(25)23-11-9-22(10-12-23)14-15-13-21-18-7-3-4-8-24(15)18/h1-8,13H,9-12,14H2. The average Bonchev–Trinajstić information content (AvgIpc) is 3.05. The Morgan fingerprint density at radius 1 is 1.04 bits per heavy atom. The average molecular weight is 399 g/mol. The third-order valence-corrected chi connectivity index (χ3v) is 5.33. The Morgan fingerprint density at radius 2 is 1.80 bits per heavy atom. The lowest BCUT2D eigenvalue weighted by molar-refractivity contribution is 0.0626. The zero-order chi connectivity index (χ0) is 17.2. The van der Waals surface area contributed by atoms with Crippen molar-refractivity contribution in [2.75, 3.05) is 26.2 Å². The predicted octanol–water partition coefficient (Wildman–Crippen LogP) is 3.05. The number of carbonyl (C=O) groups excluding carboxylic acids is 1. The summed E-state index contributed by atoms with van der Waals surface area (Å²) in [6.45, 7) is 4.09. The summed E-state index contributed by atoms with van der Waals surface area (Å²) < 4.78 is 2.98. The van der Waals surface area contributed by atoms with Gasteiger partial charge in [-0.1, -0.05) is 18.2 Å². The summed E-state index contributed by atoms with van der Waals surface area (Å²) in [7, 11) is 0. The normalized spacial score (nSPS) is 15.6. The van der Waals surface area contributed by atoms with Gasteiger partial charge in [0.15, 0.2) is 0 Å². The van der Waals surface area contributed by atoms with E-state index in [1.165, 1.54) is 5.69 Å². The van der Waals surface area contributed by atoms with E-state index in [1.807, 2.05) is 59.8 Å². The highest BCUT2D eigenvalue weighted by molar-refractivity contribution is 9.10. The molecule has 1 aromatic carbocycles. The van der Waals surface area contributed by atoms with Crippen LogP contribution in [0.2, 0.25) is 0 Å². The molecule has 0 spiro atoms. The van der Waals surface area contributed by atoms with Gasteiger partial charge >= 0.3 is 0 Å². The number of fused-ring (bicyclic) bond motifs is 1. The SMILES string of the molecule is O=C(c1ccccc1Br)N1CCN(Cc2cnc3ccccn23)CC1. The number of nitrogens with zero attached hydrogens (tertiary/aromatic N) is 4. The van der Waals surface area contributed by atoms with Crippen molar-refractivity contribution in [3.8, 4) is 0 Å². The minimum absolute atomic E-state index is 0.0990. The van der Waals surface area contributed by atoms with E-state index in [0.717, 1.165) is 48.4 Å². The zero-order valence-electron chi connectivity index (χ0n) is 13.8. The fourth-order valence-electron chi connectivity index (χ4n) is 3.25. The topological polar surface area (TPSA) is 40.9 Å². The van der Waals surface area contributed by atoms with Gasteiger partial charge in [0, 0.05) is 43.4 Å². The van der Waals surface area contributed by atoms with E-state index < -0.39 is 0 Å². The quantitative estimate of drug-likeness (QED) is 0.680. The van der Waals surface area contributed by atoms with E-state index in [0.29, 0.717) is 0 Å². The van der Waals surface area contributed by atoms with Crippen molar-refractivity contribution in [2.45, 2.75) is 6.54 Å². The molecule has 1 amide bonds. The predicted molar refractivity (Wildman–Crippen MR) is 101 cm³/mol. The van der Waals surface area contributed by atoms with Crippen molar-refractivity contribution < 1.29 is 4.79 Å². The summed E-state index contributed by atoms with van der Waals surface area (Å²) in [6.07, 6.45) is 3.98. The number of hydrogen-bond donors (Lipinski definition) is 0. The highest BCUT2D eigenvalue weighted by atomic mass is 79.9. The highest BCUT2D eigenvalue weighted by Gasteiger charge is 2.23. The summed E-state index contributed by atoms with van der Waals surface area (Å²) in [5.74, 6) is 0.0990. The number of amides is 1. The second-order valence-electron chi connectivity index (χ2n) is 6.23. The maximum Gasteiger partial charge on any atom is 0.255 e. The largest absolute Gasteiger partial charge is 0.336 e. The van der Waals surface area contributed by atoms with Crippen molar-refractivity contribution in [3.05, 3.63) is 70.6 Å². The third kappa shape index (κ3) is 3.32. The summed E-state index contributed by atoms with van der Waals surface area (Å²) >= 11 is 3.47. The number of rotatable bonds is 3. The van der Waals surface area contributed by atoms with Crippen molar-refractivity contribution in [1.29, 1.82) is 0 Å². The van der Waals surface area contributed by atoms with Crippen molar-refractivity contribution in [2.24, 2.45) is 0 Å². The number of piperazine rings is 1. The molecule has 0 atom stereocenters. The number of carbonyl (C=O) groups is 1. The van der Waals surface area contributed by atoms with Crippen LogP contribution in [0.5, 0.6) is 0 Å². The smallest absolute Gasteiger partial charge is 0.255 e. The Balaban J connectivity index is 1.40. The van der Waals surface area contributed by atoms with E-state index in [1.54, 1.807) is 0 Å². The molecule has 128 valence electrons. The Bertz CT molecular complexity index is 899. The molecule has 3 aromatic rings. The summed E-state index contributed by atoms with van der Waals surface area (Å²) in [5.41, 5.74) is 2.89. The molecule has 0 bridgehead atoms. The molecule has 0 saturated carbocycles. The second kappa shape index (κ2) is 6.98. The first-order chi connectivity index (χ1) is 12.2. The Morgan fingerprint density at radius 3 is 2.60 bits per heavy atom. The van der Waals surface area contributed by atoms with E-state index in [-0.39, 0.29) is 5.91 Å². The van der Waals surface area contributed by atoms with Crippen LogP contribution in [-0.4, -0.2) is 51.3 Å². The lowest BCUT2D eigenvalue weighted by atomic mass is 10.2. The summed E-state index contributed by atoms with van der Waals surface area (Å²) in [4.78, 5) is 21.4. The summed E-state index contributed by atoms with van der Waals surface area (Å²) in [6, 6.07) is 13.6. The lowest BCUT2D eigenvalue weighted by Crippen LogP contribution is -2.48. The molecule has 0 N–H and O–H groups in total. The minimum Gasteiger partial charge on any atom is -0.336 e. The van der Waals surface area contributed by atoms with Gasteiger partial charge < -0.3 is 9.30 Å². The summed E-state index contributed by atoms with van der Waals surface area (Å²) in [5, 5.41) is 0.